The molecule has 0 bridgehead atoms. The van der Waals surface area contributed by atoms with Crippen molar-refractivity contribution < 1.29 is 14.7 Å². The van der Waals surface area contributed by atoms with Crippen LogP contribution in [0.3, 0.4) is 0 Å². The Morgan fingerprint density at radius 1 is 1.22 bits per heavy atom. The minimum Gasteiger partial charge on any atom is -0.481 e. The molecule has 0 aliphatic carbocycles. The number of hydrogen-bond acceptors (Lipinski definition) is 4. The summed E-state index contributed by atoms with van der Waals surface area (Å²) in [5.74, 6) is -1.94. The third-order valence-corrected chi connectivity index (χ3v) is 4.24. The van der Waals surface area contributed by atoms with Crippen molar-refractivity contribution in [2.75, 3.05) is 45.1 Å². The molecule has 0 unspecified atom stereocenters. The Morgan fingerprint density at radius 3 is 2.39 bits per heavy atom. The highest BCUT2D eigenvalue weighted by molar-refractivity contribution is 6.30. The fraction of sp³-hybridized carbons (Fsp3) is 0.500. The Kier molecular flexibility index (Phi) is 6.38. The van der Waals surface area contributed by atoms with E-state index < -0.39 is 11.9 Å². The molecule has 23 heavy (non-hydrogen) atoms. The van der Waals surface area contributed by atoms with Crippen molar-refractivity contribution in [3.63, 3.8) is 0 Å². The molecule has 126 valence electrons. The van der Waals surface area contributed by atoms with Crippen LogP contribution in [0.4, 0.5) is 5.69 Å². The zero-order valence-corrected chi connectivity index (χ0v) is 13.9. The molecule has 0 saturated carbocycles. The first-order chi connectivity index (χ1) is 10.9. The van der Waals surface area contributed by atoms with Crippen molar-refractivity contribution >= 4 is 29.2 Å². The van der Waals surface area contributed by atoms with Crippen molar-refractivity contribution in [1.29, 1.82) is 0 Å². The van der Waals surface area contributed by atoms with Gasteiger partial charge in [0, 0.05) is 49.9 Å². The molecule has 0 radical (unpaired) electrons. The van der Waals surface area contributed by atoms with Gasteiger partial charge in [0.05, 0.1) is 5.92 Å². The maximum atomic E-state index is 12.1. The van der Waals surface area contributed by atoms with Gasteiger partial charge in [0.15, 0.2) is 0 Å². The van der Waals surface area contributed by atoms with E-state index in [2.05, 4.69) is 15.1 Å². The van der Waals surface area contributed by atoms with Gasteiger partial charge in [0.25, 0.3) is 0 Å². The molecule has 7 heteroatoms. The molecule has 1 aliphatic heterocycles. The van der Waals surface area contributed by atoms with E-state index in [4.69, 9.17) is 11.6 Å². The number of nitrogens with one attached hydrogen (secondary N) is 1. The smallest absolute Gasteiger partial charge is 0.308 e. The minimum atomic E-state index is -0.935. The van der Waals surface area contributed by atoms with Crippen LogP contribution in [-0.2, 0) is 9.59 Å². The predicted molar refractivity (Wildman–Crippen MR) is 89.8 cm³/mol. The maximum absolute atomic E-state index is 12.1. The summed E-state index contributed by atoms with van der Waals surface area (Å²) in [6, 6.07) is 6.74. The van der Waals surface area contributed by atoms with Gasteiger partial charge in [-0.15, -0.1) is 0 Å². The van der Waals surface area contributed by atoms with Crippen molar-refractivity contribution in [3.05, 3.63) is 29.3 Å². The molecule has 1 fully saturated rings. The number of benzene rings is 1. The first-order valence-electron chi connectivity index (χ1n) is 7.63. The summed E-state index contributed by atoms with van der Waals surface area (Å²) in [6.45, 7) is 3.90. The van der Waals surface area contributed by atoms with E-state index in [1.54, 1.807) is 24.3 Å². The topological polar surface area (TPSA) is 72.9 Å². The van der Waals surface area contributed by atoms with Crippen LogP contribution in [0.1, 0.15) is 6.42 Å². The van der Waals surface area contributed by atoms with Crippen molar-refractivity contribution in [3.8, 4) is 0 Å². The van der Waals surface area contributed by atoms with Crippen molar-refractivity contribution in [2.24, 2.45) is 5.92 Å². The van der Waals surface area contributed by atoms with E-state index in [9.17, 15) is 14.7 Å². The third kappa shape index (κ3) is 5.82. The molecule has 1 aromatic carbocycles. The van der Waals surface area contributed by atoms with Gasteiger partial charge in [-0.25, -0.2) is 0 Å². The van der Waals surface area contributed by atoms with E-state index in [1.165, 1.54) is 0 Å². The van der Waals surface area contributed by atoms with Crippen LogP contribution < -0.4 is 5.32 Å². The number of carbonyl (C=O) groups is 2. The van der Waals surface area contributed by atoms with E-state index in [0.29, 0.717) is 17.3 Å². The highest BCUT2D eigenvalue weighted by Gasteiger charge is 2.25. The van der Waals surface area contributed by atoms with Gasteiger partial charge < -0.3 is 15.3 Å². The molecule has 1 atom stereocenters. The highest BCUT2D eigenvalue weighted by atomic mass is 35.5. The molecule has 6 nitrogen and oxygen atoms in total. The Bertz CT molecular complexity index is 542. The lowest BCUT2D eigenvalue weighted by Gasteiger charge is -2.33. The van der Waals surface area contributed by atoms with Crippen LogP contribution >= 0.6 is 11.6 Å². The number of anilines is 1. The van der Waals surface area contributed by atoms with Gasteiger partial charge in [-0.2, -0.15) is 0 Å². The third-order valence-electron chi connectivity index (χ3n) is 3.98. The van der Waals surface area contributed by atoms with E-state index in [1.807, 2.05) is 7.05 Å². The van der Waals surface area contributed by atoms with Gasteiger partial charge >= 0.3 is 5.97 Å². The number of aliphatic carboxylic acids is 1. The lowest BCUT2D eigenvalue weighted by atomic mass is 10.0. The zero-order chi connectivity index (χ0) is 16.8. The molecular weight excluding hydrogens is 318 g/mol. The number of rotatable bonds is 6. The number of nitrogens with zero attached hydrogens (tertiary/aromatic N) is 2. The summed E-state index contributed by atoms with van der Waals surface area (Å²) in [7, 11) is 2.05. The highest BCUT2D eigenvalue weighted by Crippen LogP contribution is 2.15. The molecule has 0 aromatic heterocycles. The van der Waals surface area contributed by atoms with Gasteiger partial charge in [-0.3, -0.25) is 14.5 Å². The zero-order valence-electron chi connectivity index (χ0n) is 13.2. The lowest BCUT2D eigenvalue weighted by molar-refractivity contribution is -0.144. The summed E-state index contributed by atoms with van der Waals surface area (Å²) in [6.07, 6.45) is -0.0374. The van der Waals surface area contributed by atoms with E-state index in [0.717, 1.165) is 26.2 Å². The Labute approximate surface area is 141 Å². The number of carboxylic acids is 1. The van der Waals surface area contributed by atoms with Gasteiger partial charge in [-0.05, 0) is 31.3 Å². The number of halogens is 1. The Hall–Kier alpha value is -1.63. The quantitative estimate of drug-likeness (QED) is 0.824. The number of piperazine rings is 1. The normalized spacial score (nSPS) is 17.7. The summed E-state index contributed by atoms with van der Waals surface area (Å²) in [5, 5.41) is 12.7. The monoisotopic (exact) mass is 339 g/mol. The molecule has 1 saturated heterocycles. The Morgan fingerprint density at radius 2 is 1.83 bits per heavy atom. The molecule has 1 heterocycles. The minimum absolute atomic E-state index is 0.0374. The first-order valence-corrected chi connectivity index (χ1v) is 8.01. The first kappa shape index (κ1) is 17.7. The van der Waals surface area contributed by atoms with Crippen molar-refractivity contribution in [1.82, 2.24) is 9.80 Å². The molecule has 2 N–H and O–H groups in total. The van der Waals surface area contributed by atoms with Crippen molar-refractivity contribution in [2.45, 2.75) is 6.42 Å². The van der Waals surface area contributed by atoms with Crippen LogP contribution in [0.2, 0.25) is 5.02 Å². The van der Waals surface area contributed by atoms with Gasteiger partial charge in [0.1, 0.15) is 0 Å². The molecule has 1 aliphatic rings. The number of hydrogen-bond donors (Lipinski definition) is 2. The van der Waals surface area contributed by atoms with Crippen LogP contribution in [0, 0.1) is 5.92 Å². The molecule has 2 rings (SSSR count). The number of amides is 1. The average molecular weight is 340 g/mol. The van der Waals surface area contributed by atoms with E-state index in [-0.39, 0.29) is 12.3 Å². The second-order valence-corrected chi connectivity index (χ2v) is 6.33. The average Bonchev–Trinajstić information content (AvgIpc) is 2.51. The van der Waals surface area contributed by atoms with Crippen LogP contribution in [0.15, 0.2) is 24.3 Å². The summed E-state index contributed by atoms with van der Waals surface area (Å²) in [4.78, 5) is 27.8. The van der Waals surface area contributed by atoms with E-state index >= 15 is 0 Å². The van der Waals surface area contributed by atoms with Crippen LogP contribution in [-0.4, -0.2) is 66.6 Å². The fourth-order valence-corrected chi connectivity index (χ4v) is 2.67. The van der Waals surface area contributed by atoms with Crippen LogP contribution in [0.5, 0.6) is 0 Å². The number of carboxylic acid groups (broad SMARTS) is 1. The Balaban J connectivity index is 1.87. The SMILES string of the molecule is CN1CCN(C[C@H](CC(=O)Nc2ccc(Cl)cc2)C(=O)O)CC1. The molecule has 0 spiro atoms. The van der Waals surface area contributed by atoms with Gasteiger partial charge in [-0.1, -0.05) is 11.6 Å². The lowest BCUT2D eigenvalue weighted by Crippen LogP contribution is -2.47. The predicted octanol–water partition coefficient (Wildman–Crippen LogP) is 1.62. The van der Waals surface area contributed by atoms with Crippen LogP contribution in [0.25, 0.3) is 0 Å². The fourth-order valence-electron chi connectivity index (χ4n) is 2.54. The number of likely N-dealkylation sites (N-methyl/N-ethyl adjacent to an activating group) is 1. The summed E-state index contributed by atoms with van der Waals surface area (Å²) in [5.41, 5.74) is 0.614. The molecule has 1 aromatic rings. The summed E-state index contributed by atoms with van der Waals surface area (Å²) < 4.78 is 0. The second kappa shape index (κ2) is 8.29. The van der Waals surface area contributed by atoms with Gasteiger partial charge in [0.2, 0.25) is 5.91 Å². The molecule has 1 amide bonds. The number of carbonyl (C=O) groups excluding carboxylic acids is 1. The largest absolute Gasteiger partial charge is 0.481 e. The standard InChI is InChI=1S/C16H22ClN3O3/c1-19-6-8-20(9-7-19)11-12(16(22)23)10-15(21)18-14-4-2-13(17)3-5-14/h2-5,12H,6-11H2,1H3,(H,18,21)(H,22,23)/t12-/m0/s1. The molecular formula is C16H22ClN3O3. The maximum Gasteiger partial charge on any atom is 0.308 e. The summed E-state index contributed by atoms with van der Waals surface area (Å²) >= 11 is 5.79. The second-order valence-electron chi connectivity index (χ2n) is 5.90.